The van der Waals surface area contributed by atoms with Crippen LogP contribution in [0.5, 0.6) is 0 Å². The molecule has 1 N–H and O–H groups in total. The number of likely N-dealkylation sites (tertiary alicyclic amines) is 1. The lowest BCUT2D eigenvalue weighted by atomic mass is 9.79. The van der Waals surface area contributed by atoms with Crippen molar-refractivity contribution >= 4 is 12.0 Å². The molecule has 30 heavy (non-hydrogen) atoms. The molecule has 1 saturated heterocycles. The summed E-state index contributed by atoms with van der Waals surface area (Å²) in [6, 6.07) is 9.11. The Bertz CT molecular complexity index is 824. The van der Waals surface area contributed by atoms with Crippen LogP contribution in [0.3, 0.4) is 0 Å². The number of ether oxygens (including phenoxy) is 1. The van der Waals surface area contributed by atoms with Gasteiger partial charge in [-0.2, -0.15) is 0 Å². The first kappa shape index (κ1) is 21.2. The first-order valence-corrected chi connectivity index (χ1v) is 11.5. The number of carbonyl (C=O) groups is 2. The van der Waals surface area contributed by atoms with Crippen molar-refractivity contribution in [2.75, 3.05) is 19.7 Å². The van der Waals surface area contributed by atoms with Crippen LogP contribution in [0.2, 0.25) is 0 Å². The zero-order chi connectivity index (χ0) is 21.7. The number of hydrogen-bond donors (Lipinski definition) is 1. The minimum absolute atomic E-state index is 0.0465. The summed E-state index contributed by atoms with van der Waals surface area (Å²) >= 11 is 0. The van der Waals surface area contributed by atoms with Crippen molar-refractivity contribution in [1.82, 2.24) is 10.2 Å². The molecule has 4 rings (SSSR count). The smallest absolute Gasteiger partial charge is 0.407 e. The van der Waals surface area contributed by atoms with Gasteiger partial charge in [-0.25, -0.2) is 4.79 Å². The molecule has 0 bridgehead atoms. The van der Waals surface area contributed by atoms with Gasteiger partial charge in [0.05, 0.1) is 6.61 Å². The van der Waals surface area contributed by atoms with Crippen LogP contribution < -0.4 is 5.32 Å². The van der Waals surface area contributed by atoms with Gasteiger partial charge in [0, 0.05) is 25.0 Å². The molecule has 3 atom stereocenters. The molecule has 164 valence electrons. The molecule has 5 nitrogen and oxygen atoms in total. The van der Waals surface area contributed by atoms with Crippen molar-refractivity contribution in [3.63, 3.8) is 0 Å². The van der Waals surface area contributed by atoms with E-state index in [0.29, 0.717) is 18.4 Å². The van der Waals surface area contributed by atoms with Crippen LogP contribution in [0.25, 0.3) is 0 Å². The highest BCUT2D eigenvalue weighted by atomic mass is 16.5. The Kier molecular flexibility index (Phi) is 5.36. The Hall–Kier alpha value is -2.04. The number of nitrogens with zero attached hydrogens (tertiary/aromatic N) is 1. The van der Waals surface area contributed by atoms with E-state index in [2.05, 4.69) is 62.2 Å². The lowest BCUT2D eigenvalue weighted by molar-refractivity contribution is -0.138. The summed E-state index contributed by atoms with van der Waals surface area (Å²) in [6.45, 7) is 13.2. The summed E-state index contributed by atoms with van der Waals surface area (Å²) in [6.07, 6.45) is 1.92. The van der Waals surface area contributed by atoms with Crippen LogP contribution in [0.1, 0.15) is 70.9 Å². The highest BCUT2D eigenvalue weighted by molar-refractivity contribution is 5.81. The minimum atomic E-state index is -0.358. The summed E-state index contributed by atoms with van der Waals surface area (Å²) in [4.78, 5) is 26.7. The molecule has 0 spiro atoms. The second-order valence-electron chi connectivity index (χ2n) is 10.8. The highest BCUT2D eigenvalue weighted by Gasteiger charge is 2.67. The van der Waals surface area contributed by atoms with Gasteiger partial charge in [0.15, 0.2) is 0 Å². The zero-order valence-electron chi connectivity index (χ0n) is 19.0. The van der Waals surface area contributed by atoms with Crippen molar-refractivity contribution in [1.29, 1.82) is 0 Å². The molecule has 5 heteroatoms. The van der Waals surface area contributed by atoms with Crippen molar-refractivity contribution in [3.05, 3.63) is 35.4 Å². The summed E-state index contributed by atoms with van der Waals surface area (Å²) < 4.78 is 5.06. The van der Waals surface area contributed by atoms with Crippen molar-refractivity contribution in [2.24, 2.45) is 17.3 Å². The third-order valence-electron chi connectivity index (χ3n) is 7.47. The fourth-order valence-corrected chi connectivity index (χ4v) is 5.48. The first-order chi connectivity index (χ1) is 14.1. The minimum Gasteiger partial charge on any atom is -0.450 e. The topological polar surface area (TPSA) is 58.6 Å². The average Bonchev–Trinajstić information content (AvgIpc) is 3.07. The lowest BCUT2D eigenvalue weighted by Gasteiger charge is -2.37. The highest BCUT2D eigenvalue weighted by Crippen LogP contribution is 2.68. The van der Waals surface area contributed by atoms with Crippen LogP contribution >= 0.6 is 0 Å². The molecule has 2 amide bonds. The second-order valence-corrected chi connectivity index (χ2v) is 10.8. The molecule has 2 aliphatic carbocycles. The predicted octanol–water partition coefficient (Wildman–Crippen LogP) is 4.46. The van der Waals surface area contributed by atoms with E-state index in [-0.39, 0.29) is 34.8 Å². The Morgan fingerprint density at radius 1 is 1.27 bits per heavy atom. The number of alkyl carbamates (subject to hydrolysis) is 1. The molecule has 2 saturated carbocycles. The first-order valence-electron chi connectivity index (χ1n) is 11.5. The van der Waals surface area contributed by atoms with Gasteiger partial charge in [-0.3, -0.25) is 4.79 Å². The molecule has 1 heterocycles. The van der Waals surface area contributed by atoms with E-state index < -0.39 is 0 Å². The predicted molar refractivity (Wildman–Crippen MR) is 117 cm³/mol. The van der Waals surface area contributed by atoms with Crippen LogP contribution in [0.4, 0.5) is 4.79 Å². The Labute approximate surface area is 180 Å². The Balaban J connectivity index is 1.29. The van der Waals surface area contributed by atoms with Gasteiger partial charge < -0.3 is 15.0 Å². The molecular formula is C25H36N2O3. The maximum atomic E-state index is 13.0. The van der Waals surface area contributed by atoms with Gasteiger partial charge in [-0.05, 0) is 53.1 Å². The average molecular weight is 413 g/mol. The fourth-order valence-electron chi connectivity index (χ4n) is 5.48. The third kappa shape index (κ3) is 3.83. The number of carbonyl (C=O) groups excluding carboxylic acids is 2. The largest absolute Gasteiger partial charge is 0.450 e. The number of benzene rings is 1. The maximum Gasteiger partial charge on any atom is 0.407 e. The van der Waals surface area contributed by atoms with E-state index >= 15 is 0 Å². The number of piperidine rings is 1. The van der Waals surface area contributed by atoms with Crippen LogP contribution in [-0.2, 0) is 14.9 Å². The number of hydrogen-bond acceptors (Lipinski definition) is 3. The Morgan fingerprint density at radius 2 is 2.00 bits per heavy atom. The van der Waals surface area contributed by atoms with Gasteiger partial charge >= 0.3 is 6.09 Å². The van der Waals surface area contributed by atoms with Gasteiger partial charge in [0.2, 0.25) is 5.91 Å². The SMILES string of the molecule is CCCOC(=O)N[C@H]1C[C@@H](C(=O)N2C[C@@H]3[C@@H](c4cccc(C(C)(C)C)c4)[C@]3(C)C2)C1. The van der Waals surface area contributed by atoms with E-state index in [9.17, 15) is 9.59 Å². The fraction of sp³-hybridized carbons (Fsp3) is 0.680. The number of fused-ring (bicyclic) bond motifs is 1. The van der Waals surface area contributed by atoms with Gasteiger partial charge in [0.25, 0.3) is 0 Å². The van der Waals surface area contributed by atoms with E-state index in [1.807, 2.05) is 6.92 Å². The van der Waals surface area contributed by atoms with E-state index in [1.165, 1.54) is 11.1 Å². The normalized spacial score (nSPS) is 32.2. The molecule has 0 aromatic heterocycles. The molecule has 0 radical (unpaired) electrons. The maximum absolute atomic E-state index is 13.0. The number of amides is 2. The standard InChI is InChI=1S/C25H36N2O3/c1-6-10-30-23(29)26-19-12-17(13-19)22(28)27-14-20-21(25(20,5)15-27)16-8-7-9-18(11-16)24(2,3)4/h7-9,11,17,19-21H,6,10,12-15H2,1-5H3,(H,26,29)/t17-,19+,20-,21-,25-/m1/s1. The number of nitrogens with one attached hydrogen (secondary N) is 1. The molecule has 1 aliphatic heterocycles. The molecule has 3 fully saturated rings. The van der Waals surface area contributed by atoms with Crippen LogP contribution in [0, 0.1) is 17.3 Å². The van der Waals surface area contributed by atoms with Crippen molar-refractivity contribution in [2.45, 2.75) is 71.3 Å². The van der Waals surface area contributed by atoms with Gasteiger partial charge in [0.1, 0.15) is 0 Å². The summed E-state index contributed by atoms with van der Waals surface area (Å²) in [7, 11) is 0. The summed E-state index contributed by atoms with van der Waals surface area (Å²) in [5, 5.41) is 2.87. The second kappa shape index (κ2) is 7.58. The van der Waals surface area contributed by atoms with Crippen LogP contribution in [0.15, 0.2) is 24.3 Å². The van der Waals surface area contributed by atoms with Gasteiger partial charge in [-0.1, -0.05) is 58.9 Å². The van der Waals surface area contributed by atoms with E-state index in [1.54, 1.807) is 0 Å². The Morgan fingerprint density at radius 3 is 2.60 bits per heavy atom. The molecule has 1 aromatic rings. The molecule has 3 aliphatic rings. The van der Waals surface area contributed by atoms with E-state index in [4.69, 9.17) is 4.74 Å². The quantitative estimate of drug-likeness (QED) is 0.777. The molecule has 1 aromatic carbocycles. The molecule has 0 unspecified atom stereocenters. The summed E-state index contributed by atoms with van der Waals surface area (Å²) in [5.41, 5.74) is 3.17. The van der Waals surface area contributed by atoms with E-state index in [0.717, 1.165) is 32.4 Å². The molecular weight excluding hydrogens is 376 g/mol. The monoisotopic (exact) mass is 412 g/mol. The van der Waals surface area contributed by atoms with Gasteiger partial charge in [-0.15, -0.1) is 0 Å². The van der Waals surface area contributed by atoms with Crippen molar-refractivity contribution in [3.8, 4) is 0 Å². The third-order valence-corrected chi connectivity index (χ3v) is 7.47. The summed E-state index contributed by atoms with van der Waals surface area (Å²) in [5.74, 6) is 1.44. The lowest BCUT2D eigenvalue weighted by Crippen LogP contribution is -2.50. The van der Waals surface area contributed by atoms with Crippen molar-refractivity contribution < 1.29 is 14.3 Å². The zero-order valence-corrected chi connectivity index (χ0v) is 19.0. The van der Waals surface area contributed by atoms with Crippen LogP contribution in [-0.4, -0.2) is 42.6 Å². The number of rotatable bonds is 5.